The summed E-state index contributed by atoms with van der Waals surface area (Å²) in [6, 6.07) is 10.6. The number of cyclic esters (lactones) is 1. The van der Waals surface area contributed by atoms with Crippen molar-refractivity contribution in [3.63, 3.8) is 0 Å². The lowest BCUT2D eigenvalue weighted by Gasteiger charge is -2.20. The standard InChI is InChI=1S/C13H10FN3O2/c14-12-15-7-6-11(16-12)17-10(8-19-13(17)18)9-4-2-1-3-5-9/h1-7,10H,8H2/t10-/m1/s1. The minimum atomic E-state index is -0.871. The lowest BCUT2D eigenvalue weighted by molar-refractivity contribution is 0.179. The first-order chi connectivity index (χ1) is 9.25. The molecule has 0 spiro atoms. The van der Waals surface area contributed by atoms with E-state index in [0.717, 1.165) is 5.56 Å². The van der Waals surface area contributed by atoms with E-state index >= 15 is 0 Å². The number of hydrogen-bond donors (Lipinski definition) is 0. The number of benzene rings is 1. The maximum Gasteiger partial charge on any atom is 0.416 e. The summed E-state index contributed by atoms with van der Waals surface area (Å²) >= 11 is 0. The fourth-order valence-electron chi connectivity index (χ4n) is 2.06. The van der Waals surface area contributed by atoms with Crippen molar-refractivity contribution in [3.8, 4) is 0 Å². The van der Waals surface area contributed by atoms with Crippen LogP contribution in [-0.2, 0) is 4.74 Å². The Morgan fingerprint density at radius 2 is 2.05 bits per heavy atom. The summed E-state index contributed by atoms with van der Waals surface area (Å²) in [5.74, 6) is 0.198. The average molecular weight is 259 g/mol. The van der Waals surface area contributed by atoms with Gasteiger partial charge in [-0.2, -0.15) is 9.37 Å². The first-order valence-electron chi connectivity index (χ1n) is 5.75. The number of carbonyl (C=O) groups excluding carboxylic acids is 1. The number of ether oxygens (including phenoxy) is 1. The maximum atomic E-state index is 13.1. The Balaban J connectivity index is 2.00. The van der Waals surface area contributed by atoms with Crippen LogP contribution in [-0.4, -0.2) is 22.7 Å². The zero-order chi connectivity index (χ0) is 13.2. The smallest absolute Gasteiger partial charge is 0.416 e. The molecule has 1 aliphatic rings. The minimum Gasteiger partial charge on any atom is -0.447 e. The van der Waals surface area contributed by atoms with Gasteiger partial charge in [0.15, 0.2) is 0 Å². The lowest BCUT2D eigenvalue weighted by Crippen LogP contribution is -2.28. The molecule has 1 amide bonds. The number of amides is 1. The molecule has 6 heteroatoms. The molecule has 0 unspecified atom stereocenters. The predicted molar refractivity (Wildman–Crippen MR) is 65.0 cm³/mol. The second-order valence-electron chi connectivity index (χ2n) is 4.06. The van der Waals surface area contributed by atoms with Gasteiger partial charge in [0.2, 0.25) is 0 Å². The van der Waals surface area contributed by atoms with Gasteiger partial charge in [-0.3, -0.25) is 4.90 Å². The Labute approximate surface area is 108 Å². The molecule has 19 heavy (non-hydrogen) atoms. The van der Waals surface area contributed by atoms with Gasteiger partial charge >= 0.3 is 12.2 Å². The van der Waals surface area contributed by atoms with Crippen LogP contribution in [0.2, 0.25) is 0 Å². The van der Waals surface area contributed by atoms with Gasteiger partial charge < -0.3 is 4.74 Å². The number of nitrogens with zero attached hydrogens (tertiary/aromatic N) is 3. The first kappa shape index (κ1) is 11.6. The third-order valence-corrected chi connectivity index (χ3v) is 2.92. The molecule has 0 radical (unpaired) electrons. The van der Waals surface area contributed by atoms with Crippen LogP contribution in [0.3, 0.4) is 0 Å². The van der Waals surface area contributed by atoms with Gasteiger partial charge in [0, 0.05) is 6.20 Å². The molecule has 1 fully saturated rings. The van der Waals surface area contributed by atoms with Gasteiger partial charge in [-0.15, -0.1) is 0 Å². The van der Waals surface area contributed by atoms with E-state index in [2.05, 4.69) is 9.97 Å². The van der Waals surface area contributed by atoms with Crippen LogP contribution in [0.25, 0.3) is 0 Å². The molecule has 1 saturated heterocycles. The average Bonchev–Trinajstić information content (AvgIpc) is 2.82. The van der Waals surface area contributed by atoms with E-state index in [4.69, 9.17) is 4.74 Å². The van der Waals surface area contributed by atoms with Crippen molar-refractivity contribution >= 4 is 11.9 Å². The highest BCUT2D eigenvalue weighted by Crippen LogP contribution is 2.31. The van der Waals surface area contributed by atoms with Crippen LogP contribution in [0.5, 0.6) is 0 Å². The summed E-state index contributed by atoms with van der Waals surface area (Å²) < 4.78 is 18.1. The van der Waals surface area contributed by atoms with Gasteiger partial charge in [-0.25, -0.2) is 9.78 Å². The molecule has 0 saturated carbocycles. The molecular formula is C13H10FN3O2. The van der Waals surface area contributed by atoms with Crippen LogP contribution in [0.1, 0.15) is 11.6 Å². The number of aromatic nitrogens is 2. The van der Waals surface area contributed by atoms with Gasteiger partial charge in [-0.1, -0.05) is 30.3 Å². The maximum absolute atomic E-state index is 13.1. The van der Waals surface area contributed by atoms with Gasteiger partial charge in [0.1, 0.15) is 18.5 Å². The van der Waals surface area contributed by atoms with Crippen molar-refractivity contribution in [3.05, 3.63) is 54.2 Å². The van der Waals surface area contributed by atoms with Crippen molar-refractivity contribution in [2.75, 3.05) is 11.5 Å². The summed E-state index contributed by atoms with van der Waals surface area (Å²) in [5.41, 5.74) is 0.910. The summed E-state index contributed by atoms with van der Waals surface area (Å²) in [6.07, 6.45) is -0.137. The third kappa shape index (κ3) is 2.12. The summed E-state index contributed by atoms with van der Waals surface area (Å²) in [7, 11) is 0. The topological polar surface area (TPSA) is 55.3 Å². The first-order valence-corrected chi connectivity index (χ1v) is 5.75. The Kier molecular flexibility index (Phi) is 2.83. The van der Waals surface area contributed by atoms with E-state index in [0.29, 0.717) is 0 Å². The van der Waals surface area contributed by atoms with E-state index in [1.165, 1.54) is 17.2 Å². The molecule has 1 aliphatic heterocycles. The van der Waals surface area contributed by atoms with Crippen molar-refractivity contribution in [1.29, 1.82) is 0 Å². The quantitative estimate of drug-likeness (QED) is 0.776. The van der Waals surface area contributed by atoms with Crippen molar-refractivity contribution in [2.24, 2.45) is 0 Å². The summed E-state index contributed by atoms with van der Waals surface area (Å²) in [6.45, 7) is 0.217. The SMILES string of the molecule is O=C1OC[C@H](c2ccccc2)N1c1ccnc(F)n1. The number of hydrogen-bond acceptors (Lipinski definition) is 4. The highest BCUT2D eigenvalue weighted by molar-refractivity contribution is 5.89. The minimum absolute atomic E-state index is 0.198. The van der Waals surface area contributed by atoms with Gasteiger partial charge in [-0.05, 0) is 11.6 Å². The van der Waals surface area contributed by atoms with Crippen molar-refractivity contribution < 1.29 is 13.9 Å². The zero-order valence-corrected chi connectivity index (χ0v) is 9.86. The number of halogens is 1. The monoisotopic (exact) mass is 259 g/mol. The number of rotatable bonds is 2. The van der Waals surface area contributed by atoms with Gasteiger partial charge in [0.25, 0.3) is 0 Å². The third-order valence-electron chi connectivity index (χ3n) is 2.92. The molecule has 0 aliphatic carbocycles. The highest BCUT2D eigenvalue weighted by atomic mass is 19.1. The van der Waals surface area contributed by atoms with Crippen LogP contribution in [0.15, 0.2) is 42.6 Å². The van der Waals surface area contributed by atoms with Crippen LogP contribution < -0.4 is 4.90 Å². The molecule has 3 rings (SSSR count). The van der Waals surface area contributed by atoms with Crippen LogP contribution in [0, 0.1) is 6.08 Å². The molecule has 2 aromatic rings. The largest absolute Gasteiger partial charge is 0.447 e. The summed E-state index contributed by atoms with van der Waals surface area (Å²) in [4.78, 5) is 20.1. The number of carbonyl (C=O) groups is 1. The Morgan fingerprint density at radius 1 is 1.26 bits per heavy atom. The molecule has 5 nitrogen and oxygen atoms in total. The Bertz CT molecular complexity index is 606. The van der Waals surface area contributed by atoms with Crippen LogP contribution in [0.4, 0.5) is 15.0 Å². The fourth-order valence-corrected chi connectivity index (χ4v) is 2.06. The number of anilines is 1. The second-order valence-corrected chi connectivity index (χ2v) is 4.06. The molecule has 0 bridgehead atoms. The van der Waals surface area contributed by atoms with E-state index in [9.17, 15) is 9.18 Å². The van der Waals surface area contributed by atoms with Crippen molar-refractivity contribution in [2.45, 2.75) is 6.04 Å². The highest BCUT2D eigenvalue weighted by Gasteiger charge is 2.36. The normalized spacial score (nSPS) is 18.5. The van der Waals surface area contributed by atoms with E-state index < -0.39 is 12.2 Å². The zero-order valence-electron chi connectivity index (χ0n) is 9.86. The molecule has 2 heterocycles. The van der Waals surface area contributed by atoms with Crippen LogP contribution >= 0.6 is 0 Å². The fraction of sp³-hybridized carbons (Fsp3) is 0.154. The molecule has 1 aromatic heterocycles. The lowest BCUT2D eigenvalue weighted by atomic mass is 10.1. The van der Waals surface area contributed by atoms with E-state index in [1.807, 2.05) is 30.3 Å². The van der Waals surface area contributed by atoms with E-state index in [-0.39, 0.29) is 18.5 Å². The second kappa shape index (κ2) is 4.64. The van der Waals surface area contributed by atoms with E-state index in [1.54, 1.807) is 0 Å². The molecule has 1 atom stereocenters. The molecular weight excluding hydrogens is 249 g/mol. The molecule has 0 N–H and O–H groups in total. The summed E-state index contributed by atoms with van der Waals surface area (Å²) in [5, 5.41) is 0. The Morgan fingerprint density at radius 3 is 2.79 bits per heavy atom. The Hall–Kier alpha value is -2.50. The predicted octanol–water partition coefficient (Wildman–Crippen LogP) is 2.31. The molecule has 1 aromatic carbocycles. The molecule has 96 valence electrons. The van der Waals surface area contributed by atoms with Crippen molar-refractivity contribution in [1.82, 2.24) is 9.97 Å². The van der Waals surface area contributed by atoms with Gasteiger partial charge in [0.05, 0.1) is 0 Å².